The lowest BCUT2D eigenvalue weighted by Gasteiger charge is -2.07. The molecule has 7 heteroatoms. The minimum atomic E-state index is -0.658. The van der Waals surface area contributed by atoms with Crippen LogP contribution in [0.4, 0.5) is 0 Å². The number of phenols is 2. The van der Waals surface area contributed by atoms with Crippen LogP contribution < -0.4 is 10.5 Å². The van der Waals surface area contributed by atoms with E-state index in [1.807, 2.05) is 0 Å². The third kappa shape index (κ3) is 2.74. The summed E-state index contributed by atoms with van der Waals surface area (Å²) in [4.78, 5) is 11.8. The Morgan fingerprint density at radius 2 is 1.96 bits per heavy atom. The van der Waals surface area contributed by atoms with Crippen LogP contribution in [0.1, 0.15) is 10.5 Å². The van der Waals surface area contributed by atoms with E-state index in [2.05, 4.69) is 5.10 Å². The van der Waals surface area contributed by atoms with E-state index in [4.69, 9.17) is 10.5 Å². The molecule has 1 amide bonds. The second-order valence-corrected chi connectivity index (χ2v) is 5.09. The van der Waals surface area contributed by atoms with E-state index in [9.17, 15) is 15.0 Å². The number of primary amides is 1. The largest absolute Gasteiger partial charge is 0.508 e. The van der Waals surface area contributed by atoms with Crippen LogP contribution >= 0.6 is 0 Å². The van der Waals surface area contributed by atoms with Crippen molar-refractivity contribution in [1.82, 2.24) is 9.78 Å². The molecule has 7 nitrogen and oxygen atoms in total. The van der Waals surface area contributed by atoms with Crippen molar-refractivity contribution in [3.05, 3.63) is 54.2 Å². The van der Waals surface area contributed by atoms with Gasteiger partial charge in [0.2, 0.25) is 0 Å². The summed E-state index contributed by atoms with van der Waals surface area (Å²) in [6.45, 7) is 0. The minimum absolute atomic E-state index is 0.0707. The van der Waals surface area contributed by atoms with Gasteiger partial charge in [-0.2, -0.15) is 5.10 Å². The van der Waals surface area contributed by atoms with Crippen LogP contribution in [-0.4, -0.2) is 33.0 Å². The quantitative estimate of drug-likeness (QED) is 0.680. The molecule has 3 rings (SSSR count). The van der Waals surface area contributed by atoms with Crippen LogP contribution in [0.2, 0.25) is 0 Å². The third-order valence-electron chi connectivity index (χ3n) is 3.52. The van der Waals surface area contributed by atoms with Gasteiger partial charge in [0.15, 0.2) is 0 Å². The molecule has 4 N–H and O–H groups in total. The average Bonchev–Trinajstić information content (AvgIpc) is 3.00. The molecule has 0 aliphatic rings. The Morgan fingerprint density at radius 3 is 2.62 bits per heavy atom. The van der Waals surface area contributed by atoms with Crippen LogP contribution in [0.5, 0.6) is 17.2 Å². The molecule has 1 aromatic heterocycles. The molecule has 2 aromatic carbocycles. The fraction of sp³-hybridized carbons (Fsp3) is 0.0588. The van der Waals surface area contributed by atoms with Gasteiger partial charge >= 0.3 is 0 Å². The fourth-order valence-electron chi connectivity index (χ4n) is 2.36. The molecule has 122 valence electrons. The Balaban J connectivity index is 2.16. The number of aromatic hydroxyl groups is 2. The fourth-order valence-corrected chi connectivity index (χ4v) is 2.36. The highest BCUT2D eigenvalue weighted by molar-refractivity contribution is 5.93. The van der Waals surface area contributed by atoms with Gasteiger partial charge in [0.05, 0.1) is 18.5 Å². The lowest BCUT2D eigenvalue weighted by atomic mass is 10.1. The molecule has 0 aliphatic heterocycles. The van der Waals surface area contributed by atoms with Gasteiger partial charge in [0.25, 0.3) is 5.91 Å². The first kappa shape index (κ1) is 15.4. The molecule has 0 saturated carbocycles. The first-order chi connectivity index (χ1) is 11.5. The van der Waals surface area contributed by atoms with Crippen molar-refractivity contribution in [2.75, 3.05) is 7.11 Å². The average molecular weight is 325 g/mol. The lowest BCUT2D eigenvalue weighted by Crippen LogP contribution is -2.16. The predicted molar refractivity (Wildman–Crippen MR) is 87.4 cm³/mol. The Morgan fingerprint density at radius 1 is 1.17 bits per heavy atom. The van der Waals surface area contributed by atoms with Gasteiger partial charge in [-0.15, -0.1) is 0 Å². The Kier molecular flexibility index (Phi) is 3.83. The van der Waals surface area contributed by atoms with Gasteiger partial charge in [-0.05, 0) is 30.3 Å². The maximum absolute atomic E-state index is 11.8. The Hall–Kier alpha value is -3.48. The number of rotatable bonds is 4. The number of methoxy groups -OCH3 is 1. The van der Waals surface area contributed by atoms with E-state index in [1.165, 1.54) is 36.1 Å². The van der Waals surface area contributed by atoms with Crippen LogP contribution in [0.3, 0.4) is 0 Å². The number of carbonyl (C=O) groups excluding carboxylic acids is 1. The zero-order valence-electron chi connectivity index (χ0n) is 12.8. The number of hydrogen-bond donors (Lipinski definition) is 3. The van der Waals surface area contributed by atoms with Crippen LogP contribution in [-0.2, 0) is 0 Å². The summed E-state index contributed by atoms with van der Waals surface area (Å²) in [5.74, 6) is -0.276. The highest BCUT2D eigenvalue weighted by Gasteiger charge is 2.17. The van der Waals surface area contributed by atoms with Gasteiger partial charge in [-0.1, -0.05) is 6.07 Å². The monoisotopic (exact) mass is 325 g/mol. The molecule has 0 radical (unpaired) electrons. The number of nitrogens with zero attached hydrogens (tertiary/aromatic N) is 2. The highest BCUT2D eigenvalue weighted by Crippen LogP contribution is 2.32. The van der Waals surface area contributed by atoms with Crippen molar-refractivity contribution in [1.29, 1.82) is 0 Å². The normalized spacial score (nSPS) is 10.5. The molecule has 3 aromatic rings. The van der Waals surface area contributed by atoms with Gasteiger partial charge < -0.3 is 20.7 Å². The number of amides is 1. The summed E-state index contributed by atoms with van der Waals surface area (Å²) in [6, 6.07) is 12.6. The molecule has 24 heavy (non-hydrogen) atoms. The van der Waals surface area contributed by atoms with Crippen molar-refractivity contribution < 1.29 is 19.7 Å². The SMILES string of the molecule is COc1cccc(-n2nc(-c3ccc(O)cc3O)cc2C(N)=O)c1. The molecule has 0 saturated heterocycles. The maximum Gasteiger partial charge on any atom is 0.267 e. The molecular weight excluding hydrogens is 310 g/mol. The third-order valence-corrected chi connectivity index (χ3v) is 3.52. The number of nitrogens with two attached hydrogens (primary N) is 1. The van der Waals surface area contributed by atoms with Crippen molar-refractivity contribution in [3.63, 3.8) is 0 Å². The summed E-state index contributed by atoms with van der Waals surface area (Å²) in [7, 11) is 1.54. The summed E-state index contributed by atoms with van der Waals surface area (Å²) in [5, 5.41) is 23.7. The Bertz CT molecular complexity index is 918. The van der Waals surface area contributed by atoms with Gasteiger partial charge in [-0.3, -0.25) is 4.79 Å². The van der Waals surface area contributed by atoms with Crippen molar-refractivity contribution >= 4 is 5.91 Å². The number of hydrogen-bond acceptors (Lipinski definition) is 5. The summed E-state index contributed by atoms with van der Waals surface area (Å²) < 4.78 is 6.56. The molecule has 1 heterocycles. The topological polar surface area (TPSA) is 111 Å². The molecule has 0 spiro atoms. The van der Waals surface area contributed by atoms with Crippen molar-refractivity contribution in [2.45, 2.75) is 0 Å². The van der Waals surface area contributed by atoms with E-state index in [0.29, 0.717) is 22.7 Å². The van der Waals surface area contributed by atoms with Gasteiger partial charge in [0.1, 0.15) is 22.9 Å². The molecule has 0 fully saturated rings. The first-order valence-electron chi connectivity index (χ1n) is 7.06. The number of benzene rings is 2. The van der Waals surface area contributed by atoms with Gasteiger partial charge in [-0.25, -0.2) is 4.68 Å². The summed E-state index contributed by atoms with van der Waals surface area (Å²) in [6.07, 6.45) is 0. The van der Waals surface area contributed by atoms with Crippen LogP contribution in [0.25, 0.3) is 16.9 Å². The minimum Gasteiger partial charge on any atom is -0.508 e. The second-order valence-electron chi connectivity index (χ2n) is 5.09. The number of aromatic nitrogens is 2. The van der Waals surface area contributed by atoms with E-state index >= 15 is 0 Å². The van der Waals surface area contributed by atoms with Crippen LogP contribution in [0.15, 0.2) is 48.5 Å². The van der Waals surface area contributed by atoms with E-state index in [-0.39, 0.29) is 17.2 Å². The highest BCUT2D eigenvalue weighted by atomic mass is 16.5. The number of ether oxygens (including phenoxy) is 1. The zero-order chi connectivity index (χ0) is 17.3. The zero-order valence-corrected chi connectivity index (χ0v) is 12.8. The summed E-state index contributed by atoms with van der Waals surface area (Å²) >= 11 is 0. The molecule has 0 atom stereocenters. The Labute approximate surface area is 137 Å². The molecule has 0 aliphatic carbocycles. The van der Waals surface area contributed by atoms with E-state index < -0.39 is 5.91 Å². The molecular formula is C17H15N3O4. The lowest BCUT2D eigenvalue weighted by molar-refractivity contribution is 0.0993. The number of carbonyl (C=O) groups is 1. The van der Waals surface area contributed by atoms with Crippen molar-refractivity contribution in [3.8, 4) is 34.2 Å². The van der Waals surface area contributed by atoms with Crippen LogP contribution in [0, 0.1) is 0 Å². The molecule has 0 unspecified atom stereocenters. The predicted octanol–water partition coefficient (Wildman–Crippen LogP) is 2.06. The maximum atomic E-state index is 11.8. The smallest absolute Gasteiger partial charge is 0.267 e. The van der Waals surface area contributed by atoms with Crippen molar-refractivity contribution in [2.24, 2.45) is 5.73 Å². The summed E-state index contributed by atoms with van der Waals surface area (Å²) in [5.41, 5.74) is 6.91. The van der Waals surface area contributed by atoms with E-state index in [0.717, 1.165) is 0 Å². The number of phenolic OH excluding ortho intramolecular Hbond substituents is 2. The van der Waals surface area contributed by atoms with E-state index in [1.54, 1.807) is 24.3 Å². The van der Waals surface area contributed by atoms with Gasteiger partial charge in [0, 0.05) is 17.7 Å². The first-order valence-corrected chi connectivity index (χ1v) is 7.06. The standard InChI is InChI=1S/C17H15N3O4/c1-24-12-4-2-3-10(7-12)20-15(17(18)23)9-14(19-20)13-6-5-11(21)8-16(13)22/h2-9,21-22H,1H3,(H2,18,23). The molecule has 0 bridgehead atoms. The second kappa shape index (κ2) is 5.96.